The number of amides is 1. The molecular formula is C11H9F4NO3. The van der Waals surface area contributed by atoms with Crippen LogP contribution in [0.1, 0.15) is 17.3 Å². The van der Waals surface area contributed by atoms with Crippen molar-refractivity contribution in [3.05, 3.63) is 35.6 Å². The van der Waals surface area contributed by atoms with Crippen molar-refractivity contribution in [2.45, 2.75) is 18.6 Å². The molecule has 0 spiro atoms. The minimum atomic E-state index is -5.17. The Morgan fingerprint density at radius 3 is 2.00 bits per heavy atom. The number of rotatable bonds is 3. The van der Waals surface area contributed by atoms with Crippen LogP contribution in [0.25, 0.3) is 0 Å². The molecule has 0 bridgehead atoms. The largest absolute Gasteiger partial charge is 0.479 e. The average Bonchev–Trinajstić information content (AvgIpc) is 2.27. The first-order chi connectivity index (χ1) is 8.58. The van der Waals surface area contributed by atoms with E-state index in [0.29, 0.717) is 6.92 Å². The highest BCUT2D eigenvalue weighted by Crippen LogP contribution is 2.30. The summed E-state index contributed by atoms with van der Waals surface area (Å²) in [6.45, 7) is 0.330. The van der Waals surface area contributed by atoms with E-state index >= 15 is 0 Å². The van der Waals surface area contributed by atoms with E-state index in [1.165, 1.54) is 5.32 Å². The van der Waals surface area contributed by atoms with E-state index in [0.717, 1.165) is 24.3 Å². The van der Waals surface area contributed by atoms with Crippen molar-refractivity contribution < 1.29 is 32.3 Å². The number of carboxylic acid groups (broad SMARTS) is 1. The third-order valence-electron chi connectivity index (χ3n) is 2.46. The average molecular weight is 279 g/mol. The van der Waals surface area contributed by atoms with Gasteiger partial charge in [0.1, 0.15) is 5.82 Å². The lowest BCUT2D eigenvalue weighted by Gasteiger charge is -2.28. The van der Waals surface area contributed by atoms with Gasteiger partial charge in [-0.25, -0.2) is 9.18 Å². The van der Waals surface area contributed by atoms with Crippen LogP contribution in [-0.2, 0) is 4.79 Å². The lowest BCUT2D eigenvalue weighted by atomic mass is 10.0. The van der Waals surface area contributed by atoms with Crippen LogP contribution in [0.3, 0.4) is 0 Å². The topological polar surface area (TPSA) is 66.4 Å². The second-order valence-corrected chi connectivity index (χ2v) is 3.89. The van der Waals surface area contributed by atoms with Gasteiger partial charge >= 0.3 is 12.1 Å². The fourth-order valence-electron chi connectivity index (χ4n) is 1.15. The van der Waals surface area contributed by atoms with Gasteiger partial charge in [0.15, 0.2) is 0 Å². The predicted octanol–water partition coefficient (Wildman–Crippen LogP) is 1.96. The summed E-state index contributed by atoms with van der Waals surface area (Å²) in [5.74, 6) is -4.17. The molecule has 0 aliphatic rings. The molecule has 0 aromatic heterocycles. The standard InChI is InChI=1S/C11H9F4NO3/c1-10(9(18)19,11(13,14)15)16-8(17)6-2-4-7(12)5-3-6/h2-5H,1H3,(H,16,17)(H,18,19). The zero-order valence-corrected chi connectivity index (χ0v) is 9.58. The highest BCUT2D eigenvalue weighted by atomic mass is 19.4. The van der Waals surface area contributed by atoms with E-state index in [-0.39, 0.29) is 5.56 Å². The van der Waals surface area contributed by atoms with Gasteiger partial charge in [-0.2, -0.15) is 13.2 Å². The van der Waals surface area contributed by atoms with Gasteiger partial charge in [0.05, 0.1) is 0 Å². The Morgan fingerprint density at radius 2 is 1.63 bits per heavy atom. The van der Waals surface area contributed by atoms with Gasteiger partial charge in [0.2, 0.25) is 5.54 Å². The Kier molecular flexibility index (Phi) is 3.83. The van der Waals surface area contributed by atoms with E-state index in [9.17, 15) is 27.2 Å². The molecule has 0 aliphatic carbocycles. The minimum Gasteiger partial charge on any atom is -0.479 e. The third-order valence-corrected chi connectivity index (χ3v) is 2.46. The Morgan fingerprint density at radius 1 is 1.16 bits per heavy atom. The number of hydrogen-bond donors (Lipinski definition) is 2. The van der Waals surface area contributed by atoms with Gasteiger partial charge < -0.3 is 10.4 Å². The fraction of sp³-hybridized carbons (Fsp3) is 0.273. The monoisotopic (exact) mass is 279 g/mol. The second-order valence-electron chi connectivity index (χ2n) is 3.89. The van der Waals surface area contributed by atoms with Gasteiger partial charge in [0.25, 0.3) is 5.91 Å². The molecule has 4 nitrogen and oxygen atoms in total. The molecule has 2 N–H and O–H groups in total. The zero-order chi connectivity index (χ0) is 14.8. The molecule has 0 aliphatic heterocycles. The number of benzene rings is 1. The molecule has 0 saturated heterocycles. The summed E-state index contributed by atoms with van der Waals surface area (Å²) >= 11 is 0. The molecule has 19 heavy (non-hydrogen) atoms. The molecule has 0 radical (unpaired) electrons. The molecule has 1 aromatic carbocycles. The highest BCUT2D eigenvalue weighted by Gasteiger charge is 2.58. The maximum atomic E-state index is 12.6. The quantitative estimate of drug-likeness (QED) is 0.831. The summed E-state index contributed by atoms with van der Waals surface area (Å²) < 4.78 is 50.5. The molecule has 1 aromatic rings. The molecular weight excluding hydrogens is 270 g/mol. The van der Waals surface area contributed by atoms with Gasteiger partial charge in [-0.1, -0.05) is 0 Å². The van der Waals surface area contributed by atoms with E-state index in [1.807, 2.05) is 0 Å². The van der Waals surface area contributed by atoms with Crippen LogP contribution in [0.4, 0.5) is 17.6 Å². The summed E-state index contributed by atoms with van der Waals surface area (Å²) in [5, 5.41) is 10.00. The van der Waals surface area contributed by atoms with Gasteiger partial charge in [0, 0.05) is 5.56 Å². The van der Waals surface area contributed by atoms with Gasteiger partial charge in [-0.15, -0.1) is 0 Å². The number of aliphatic carboxylic acids is 1. The number of halogens is 4. The lowest BCUT2D eigenvalue weighted by molar-refractivity contribution is -0.203. The van der Waals surface area contributed by atoms with Crippen molar-refractivity contribution in [3.8, 4) is 0 Å². The van der Waals surface area contributed by atoms with E-state index < -0.39 is 29.4 Å². The highest BCUT2D eigenvalue weighted by molar-refractivity contribution is 5.98. The van der Waals surface area contributed by atoms with Crippen LogP contribution in [0.5, 0.6) is 0 Å². The predicted molar refractivity (Wildman–Crippen MR) is 56.0 cm³/mol. The number of alkyl halides is 3. The Balaban J connectivity index is 3.02. The molecule has 104 valence electrons. The van der Waals surface area contributed by atoms with Crippen molar-refractivity contribution in [2.75, 3.05) is 0 Å². The van der Waals surface area contributed by atoms with Crippen LogP contribution in [0.15, 0.2) is 24.3 Å². The first-order valence-electron chi connectivity index (χ1n) is 4.96. The Hall–Kier alpha value is -2.12. The second kappa shape index (κ2) is 4.87. The molecule has 1 atom stereocenters. The van der Waals surface area contributed by atoms with Gasteiger partial charge in [-0.3, -0.25) is 4.79 Å². The maximum Gasteiger partial charge on any atom is 0.422 e. The van der Waals surface area contributed by atoms with Crippen molar-refractivity contribution >= 4 is 11.9 Å². The molecule has 1 rings (SSSR count). The Bertz CT molecular complexity index is 498. The summed E-state index contributed by atoms with van der Waals surface area (Å²) in [6, 6.07) is 3.65. The fourth-order valence-corrected chi connectivity index (χ4v) is 1.15. The van der Waals surface area contributed by atoms with Crippen molar-refractivity contribution in [3.63, 3.8) is 0 Å². The SMILES string of the molecule is CC(NC(=O)c1ccc(F)cc1)(C(=O)O)C(F)(F)F. The normalized spacial score (nSPS) is 14.6. The number of carbonyl (C=O) groups excluding carboxylic acids is 1. The molecule has 1 amide bonds. The molecule has 1 unspecified atom stereocenters. The maximum absolute atomic E-state index is 12.6. The molecule has 0 heterocycles. The number of nitrogens with one attached hydrogen (secondary N) is 1. The minimum absolute atomic E-state index is 0.280. The van der Waals surface area contributed by atoms with E-state index in [1.54, 1.807) is 0 Å². The number of carbonyl (C=O) groups is 2. The van der Waals surface area contributed by atoms with Crippen LogP contribution >= 0.6 is 0 Å². The van der Waals surface area contributed by atoms with E-state index in [4.69, 9.17) is 5.11 Å². The zero-order valence-electron chi connectivity index (χ0n) is 9.58. The van der Waals surface area contributed by atoms with Crippen LogP contribution in [-0.4, -0.2) is 28.7 Å². The van der Waals surface area contributed by atoms with Crippen molar-refractivity contribution in [1.29, 1.82) is 0 Å². The molecule has 0 saturated carbocycles. The van der Waals surface area contributed by atoms with Crippen LogP contribution in [0.2, 0.25) is 0 Å². The first kappa shape index (κ1) is 14.9. The summed E-state index contributed by atoms with van der Waals surface area (Å²) in [6.07, 6.45) is -5.17. The van der Waals surface area contributed by atoms with Crippen LogP contribution < -0.4 is 5.32 Å². The number of carboxylic acids is 1. The van der Waals surface area contributed by atoms with Crippen LogP contribution in [0, 0.1) is 5.82 Å². The summed E-state index contributed by atoms with van der Waals surface area (Å²) in [7, 11) is 0. The smallest absolute Gasteiger partial charge is 0.422 e. The van der Waals surface area contributed by atoms with E-state index in [2.05, 4.69) is 0 Å². The van der Waals surface area contributed by atoms with Crippen molar-refractivity contribution in [1.82, 2.24) is 5.32 Å². The summed E-state index contributed by atoms with van der Waals surface area (Å²) in [5.41, 5.74) is -3.70. The van der Waals surface area contributed by atoms with Gasteiger partial charge in [-0.05, 0) is 31.2 Å². The first-order valence-corrected chi connectivity index (χ1v) is 4.96. The van der Waals surface area contributed by atoms with Crippen molar-refractivity contribution in [2.24, 2.45) is 0 Å². The lowest BCUT2D eigenvalue weighted by Crippen LogP contribution is -2.61. The third kappa shape index (κ3) is 3.01. The molecule has 8 heteroatoms. The Labute approximate surface area is 105 Å². The summed E-state index contributed by atoms with van der Waals surface area (Å²) in [4.78, 5) is 22.2. The molecule has 0 fully saturated rings. The number of hydrogen-bond acceptors (Lipinski definition) is 2.